The Morgan fingerprint density at radius 3 is 2.19 bits per heavy atom. The molecule has 0 spiro atoms. The van der Waals surface area contributed by atoms with Crippen molar-refractivity contribution in [3.05, 3.63) is 22.8 Å². The summed E-state index contributed by atoms with van der Waals surface area (Å²) in [5.41, 5.74) is 3.09. The second-order valence-corrected chi connectivity index (χ2v) is 16.7. The Bertz CT molecular complexity index is 1710. The van der Waals surface area contributed by atoms with Gasteiger partial charge in [0.25, 0.3) is 0 Å². The van der Waals surface area contributed by atoms with Crippen LogP contribution in [0.5, 0.6) is 5.75 Å². The van der Waals surface area contributed by atoms with Crippen molar-refractivity contribution in [1.29, 1.82) is 0 Å². The maximum absolute atomic E-state index is 14.5. The molecule has 1 aromatic rings. The number of nitrogens with zero attached hydrogens (tertiary/aromatic N) is 3. The lowest BCUT2D eigenvalue weighted by atomic mass is 9.52. The zero-order valence-electron chi connectivity index (χ0n) is 31.6. The van der Waals surface area contributed by atoms with Gasteiger partial charge in [-0.15, -0.1) is 0 Å². The molecular weight excluding hydrogens is 688 g/mol. The summed E-state index contributed by atoms with van der Waals surface area (Å²) >= 11 is 0. The summed E-state index contributed by atoms with van der Waals surface area (Å²) in [5.74, 6) is -12.2. The number of benzene rings is 1. The van der Waals surface area contributed by atoms with Crippen molar-refractivity contribution in [2.45, 2.75) is 83.9 Å². The maximum Gasteiger partial charge on any atom is 0.412 e. The van der Waals surface area contributed by atoms with Crippen LogP contribution in [0.1, 0.15) is 80.8 Å². The molecule has 1 aromatic carbocycles. The lowest BCUT2D eigenvalue weighted by Gasteiger charge is -2.52. The fourth-order valence-corrected chi connectivity index (χ4v) is 8.87. The van der Waals surface area contributed by atoms with Crippen molar-refractivity contribution in [3.8, 4) is 5.75 Å². The Morgan fingerprint density at radius 2 is 1.62 bits per heavy atom. The second kappa shape index (κ2) is 14.8. The number of fused-ring (bicyclic) bond motifs is 3. The van der Waals surface area contributed by atoms with Gasteiger partial charge in [-0.05, 0) is 62.7 Å². The average molecular weight is 741 g/mol. The molecule has 0 bridgehead atoms. The number of hydrogen-bond donors (Lipinski definition) is 3. The summed E-state index contributed by atoms with van der Waals surface area (Å²) < 4.78 is 10.6. The molecule has 15 heteroatoms. The number of phenols is 1. The quantitative estimate of drug-likeness (QED) is 0.188. The molecule has 0 saturated heterocycles. The summed E-state index contributed by atoms with van der Waals surface area (Å²) in [6.07, 6.45) is 3.58. The third-order valence-corrected chi connectivity index (χ3v) is 11.2. The molecule has 53 heavy (non-hydrogen) atoms. The summed E-state index contributed by atoms with van der Waals surface area (Å²) in [7, 11) is 6.54. The van der Waals surface area contributed by atoms with Crippen molar-refractivity contribution < 1.29 is 53.2 Å². The van der Waals surface area contributed by atoms with Crippen LogP contribution < -0.4 is 10.6 Å². The standard InChI is InChI=1S/C38H52N4O11/c1-37(2,3)17-42(36(50)53-18-52-35(49)19-11-9-8-10-12-19)16-21-15-24(40(4)5)22-13-20-14-23-28(41(6)7)31(45)27(34(39)48)33(47)38(23,51)32(46)25(20)30(44)26(22)29(21)43/h15,19-20,23,25,27-28,43,51H,8-14,16-18H2,1-7H3,(H2,39,48)/t20-,23-,25?,27?,28-,38-/m0/s1. The number of likely N-dealkylation sites (N-methyl/N-ethyl adjacent to an activating group) is 1. The molecule has 0 aromatic heterocycles. The molecule has 6 atom stereocenters. The normalized spacial score (nSPS) is 27.5. The number of carbonyl (C=O) groups is 7. The number of hydrogen-bond acceptors (Lipinski definition) is 13. The molecule has 15 nitrogen and oxygen atoms in total. The molecule has 4 aliphatic carbocycles. The third kappa shape index (κ3) is 7.29. The number of rotatable bonds is 9. The molecule has 0 aliphatic heterocycles. The number of ketones is 4. The number of nitrogens with two attached hydrogens (primary N) is 1. The summed E-state index contributed by atoms with van der Waals surface area (Å²) in [6, 6.07) is 0.452. The van der Waals surface area contributed by atoms with Crippen LogP contribution in [-0.4, -0.2) is 114 Å². The van der Waals surface area contributed by atoms with Gasteiger partial charge in [-0.2, -0.15) is 0 Å². The number of amides is 2. The van der Waals surface area contributed by atoms with Gasteiger partial charge in [-0.3, -0.25) is 33.7 Å². The molecule has 290 valence electrons. The number of carbonyl (C=O) groups excluding carboxylic acids is 7. The smallest absolute Gasteiger partial charge is 0.412 e. The molecule has 5 rings (SSSR count). The van der Waals surface area contributed by atoms with E-state index in [1.165, 1.54) is 23.9 Å². The highest BCUT2D eigenvalue weighted by Gasteiger charge is 2.69. The van der Waals surface area contributed by atoms with Crippen LogP contribution >= 0.6 is 0 Å². The SMILES string of the molecule is CN(C)c1cc(CN(CC(C)(C)C)C(=O)OCOC(=O)C2CCCCC2)c(O)c2c1C[C@H]1C[C@H]3[C@H](N(C)C)C(=O)C(C(N)=O)C(=O)[C@@]3(O)C(=O)C1C2=O. The van der Waals surface area contributed by atoms with Gasteiger partial charge in [0, 0.05) is 37.8 Å². The molecule has 0 heterocycles. The Balaban J connectivity index is 1.48. The first-order valence-electron chi connectivity index (χ1n) is 18.2. The first kappa shape index (κ1) is 39.8. The topological polar surface area (TPSA) is 214 Å². The minimum Gasteiger partial charge on any atom is -0.507 e. The third-order valence-electron chi connectivity index (χ3n) is 11.2. The van der Waals surface area contributed by atoms with Gasteiger partial charge in [0.15, 0.2) is 34.7 Å². The van der Waals surface area contributed by atoms with E-state index in [0.29, 0.717) is 11.3 Å². The Labute approximate surface area is 309 Å². The lowest BCUT2D eigenvalue weighted by Crippen LogP contribution is -2.74. The minimum atomic E-state index is -2.85. The van der Waals surface area contributed by atoms with E-state index in [0.717, 1.165) is 32.1 Å². The van der Waals surface area contributed by atoms with Crippen molar-refractivity contribution in [2.24, 2.45) is 40.7 Å². The molecule has 0 radical (unpaired) electrons. The van der Waals surface area contributed by atoms with Crippen LogP contribution in [0.2, 0.25) is 0 Å². The van der Waals surface area contributed by atoms with Gasteiger partial charge in [0.2, 0.25) is 12.7 Å². The van der Waals surface area contributed by atoms with Crippen molar-refractivity contribution in [2.75, 3.05) is 46.4 Å². The number of Topliss-reactive ketones (excluding diaryl/α,β-unsaturated/α-hetero) is 4. The van der Waals surface area contributed by atoms with Gasteiger partial charge in [0.1, 0.15) is 5.75 Å². The number of ether oxygens (including phenoxy) is 2. The number of aromatic hydroxyl groups is 1. The van der Waals surface area contributed by atoms with E-state index >= 15 is 0 Å². The zero-order valence-corrected chi connectivity index (χ0v) is 31.6. The highest BCUT2D eigenvalue weighted by atomic mass is 16.7. The number of esters is 1. The van der Waals surface area contributed by atoms with Crippen LogP contribution in [0.3, 0.4) is 0 Å². The first-order chi connectivity index (χ1) is 24.7. The molecule has 3 fully saturated rings. The molecule has 3 saturated carbocycles. The molecule has 2 amide bonds. The van der Waals surface area contributed by atoms with Gasteiger partial charge in [-0.25, -0.2) is 4.79 Å². The first-order valence-corrected chi connectivity index (χ1v) is 18.2. The van der Waals surface area contributed by atoms with E-state index in [2.05, 4.69) is 0 Å². The zero-order chi connectivity index (χ0) is 39.3. The van der Waals surface area contributed by atoms with E-state index in [1.807, 2.05) is 20.8 Å². The largest absolute Gasteiger partial charge is 0.507 e. The van der Waals surface area contributed by atoms with Gasteiger partial charge < -0.3 is 35.2 Å². The predicted octanol–water partition coefficient (Wildman–Crippen LogP) is 2.00. The molecule has 4 aliphatic rings. The average Bonchev–Trinajstić information content (AvgIpc) is 3.06. The van der Waals surface area contributed by atoms with Crippen LogP contribution in [0.15, 0.2) is 6.07 Å². The Hall–Kier alpha value is -4.37. The number of aliphatic hydroxyl groups is 1. The fraction of sp³-hybridized carbons (Fsp3) is 0.658. The van der Waals surface area contributed by atoms with Crippen LogP contribution in [0.4, 0.5) is 10.5 Å². The monoisotopic (exact) mass is 740 g/mol. The number of phenolic OH excluding ortho intramolecular Hbond substituents is 1. The van der Waals surface area contributed by atoms with E-state index in [4.69, 9.17) is 15.2 Å². The Morgan fingerprint density at radius 1 is 0.981 bits per heavy atom. The van der Waals surface area contributed by atoms with Crippen LogP contribution in [-0.2, 0) is 46.4 Å². The highest BCUT2D eigenvalue weighted by Crippen LogP contribution is 2.52. The minimum absolute atomic E-state index is 0.0736. The summed E-state index contributed by atoms with van der Waals surface area (Å²) in [5, 5.41) is 23.7. The molecular formula is C38H52N4O11. The van der Waals surface area contributed by atoms with E-state index in [1.54, 1.807) is 25.1 Å². The van der Waals surface area contributed by atoms with E-state index in [9.17, 15) is 43.8 Å². The molecule has 2 unspecified atom stereocenters. The van der Waals surface area contributed by atoms with Crippen molar-refractivity contribution in [1.82, 2.24) is 9.80 Å². The molecule has 4 N–H and O–H groups in total. The van der Waals surface area contributed by atoms with Crippen molar-refractivity contribution in [3.63, 3.8) is 0 Å². The Kier molecular flexibility index (Phi) is 11.1. The fourth-order valence-electron chi connectivity index (χ4n) is 8.87. The van der Waals surface area contributed by atoms with Crippen LogP contribution in [0, 0.1) is 35.0 Å². The van der Waals surface area contributed by atoms with Gasteiger partial charge in [-0.1, -0.05) is 40.0 Å². The number of anilines is 1. The van der Waals surface area contributed by atoms with E-state index in [-0.39, 0.29) is 43.0 Å². The second-order valence-electron chi connectivity index (χ2n) is 16.7. The summed E-state index contributed by atoms with van der Waals surface area (Å²) in [6.45, 7) is 5.03. The lowest BCUT2D eigenvalue weighted by molar-refractivity contribution is -0.181. The predicted molar refractivity (Wildman–Crippen MR) is 190 cm³/mol. The summed E-state index contributed by atoms with van der Waals surface area (Å²) in [4.78, 5) is 98.6. The van der Waals surface area contributed by atoms with Gasteiger partial charge in [0.05, 0.1) is 30.0 Å². The highest BCUT2D eigenvalue weighted by molar-refractivity contribution is 6.32. The maximum atomic E-state index is 14.5. The van der Waals surface area contributed by atoms with Crippen LogP contribution in [0.25, 0.3) is 0 Å². The van der Waals surface area contributed by atoms with Crippen molar-refractivity contribution >= 4 is 46.8 Å². The van der Waals surface area contributed by atoms with Gasteiger partial charge >= 0.3 is 12.1 Å². The number of primary amides is 1. The van der Waals surface area contributed by atoms with E-state index < -0.39 is 94.4 Å².